The van der Waals surface area contributed by atoms with Gasteiger partial charge in [0.15, 0.2) is 11.3 Å². The monoisotopic (exact) mass is 289 g/mol. The highest BCUT2D eigenvalue weighted by Crippen LogP contribution is 2.17. The van der Waals surface area contributed by atoms with Crippen molar-refractivity contribution in [3.63, 3.8) is 0 Å². The molecule has 0 aliphatic carbocycles. The van der Waals surface area contributed by atoms with Crippen LogP contribution in [-0.2, 0) is 0 Å². The highest BCUT2D eigenvalue weighted by molar-refractivity contribution is 5.50. The molecule has 1 aliphatic rings. The zero-order chi connectivity index (χ0) is 14.7. The number of hydrogen-bond acceptors (Lipinski definition) is 6. The summed E-state index contributed by atoms with van der Waals surface area (Å²) in [6, 6.07) is 1.12. The van der Waals surface area contributed by atoms with E-state index >= 15 is 0 Å². The van der Waals surface area contributed by atoms with Crippen molar-refractivity contribution in [3.8, 4) is 11.5 Å². The van der Waals surface area contributed by atoms with Crippen molar-refractivity contribution < 1.29 is 4.52 Å². The van der Waals surface area contributed by atoms with Gasteiger partial charge in [-0.2, -0.15) is 4.98 Å². The molecule has 112 valence electrons. The average molecular weight is 289 g/mol. The van der Waals surface area contributed by atoms with Crippen LogP contribution in [0.2, 0.25) is 0 Å². The Hall–Kier alpha value is -1.99. The molecule has 1 fully saturated rings. The van der Waals surface area contributed by atoms with E-state index in [1.54, 1.807) is 12.4 Å². The molecule has 2 aromatic heterocycles. The minimum absolute atomic E-state index is 0.159. The summed E-state index contributed by atoms with van der Waals surface area (Å²) in [5.74, 6) is 0.653. The number of H-pyrrole nitrogens is 1. The largest absolute Gasteiger partial charge is 0.367 e. The van der Waals surface area contributed by atoms with E-state index in [-0.39, 0.29) is 17.4 Å². The molecule has 7 nitrogen and oxygen atoms in total. The smallest absolute Gasteiger partial charge is 0.263 e. The summed E-state index contributed by atoms with van der Waals surface area (Å²) < 4.78 is 5.16. The van der Waals surface area contributed by atoms with Gasteiger partial charge in [-0.3, -0.25) is 4.79 Å². The van der Waals surface area contributed by atoms with Crippen molar-refractivity contribution in [1.29, 1.82) is 0 Å². The molecule has 3 N–H and O–H groups in total. The van der Waals surface area contributed by atoms with Crippen molar-refractivity contribution in [3.05, 3.63) is 34.5 Å². The second-order valence-electron chi connectivity index (χ2n) is 5.35. The maximum absolute atomic E-state index is 11.7. The Morgan fingerprint density at radius 1 is 1.38 bits per heavy atom. The summed E-state index contributed by atoms with van der Waals surface area (Å²) in [6.45, 7) is 2.84. The molecule has 0 amide bonds. The maximum Gasteiger partial charge on any atom is 0.263 e. The highest BCUT2D eigenvalue weighted by Gasteiger charge is 2.20. The molecule has 0 aromatic carbocycles. The van der Waals surface area contributed by atoms with E-state index < -0.39 is 0 Å². The van der Waals surface area contributed by atoms with Gasteiger partial charge >= 0.3 is 0 Å². The Balaban J connectivity index is 1.72. The number of pyridine rings is 1. The molecule has 7 heteroatoms. The minimum Gasteiger partial charge on any atom is -0.367 e. The Kier molecular flexibility index (Phi) is 4.12. The van der Waals surface area contributed by atoms with Crippen LogP contribution in [0, 0.1) is 0 Å². The van der Waals surface area contributed by atoms with Crippen molar-refractivity contribution in [2.45, 2.75) is 25.3 Å². The fourth-order valence-corrected chi connectivity index (χ4v) is 2.58. The molecule has 0 bridgehead atoms. The summed E-state index contributed by atoms with van der Waals surface area (Å²) in [5, 5.41) is 3.91. The lowest BCUT2D eigenvalue weighted by Crippen LogP contribution is -2.36. The summed E-state index contributed by atoms with van der Waals surface area (Å²) in [7, 11) is 0. The first-order valence-electron chi connectivity index (χ1n) is 7.23. The van der Waals surface area contributed by atoms with E-state index in [2.05, 4.69) is 20.0 Å². The third kappa shape index (κ3) is 3.20. The van der Waals surface area contributed by atoms with Gasteiger partial charge in [-0.25, -0.2) is 0 Å². The van der Waals surface area contributed by atoms with Gasteiger partial charge in [-0.1, -0.05) is 11.6 Å². The third-order valence-corrected chi connectivity index (χ3v) is 3.73. The Morgan fingerprint density at radius 2 is 2.19 bits per heavy atom. The average Bonchev–Trinajstić information content (AvgIpc) is 2.98. The van der Waals surface area contributed by atoms with Gasteiger partial charge in [-0.15, -0.1) is 0 Å². The Bertz CT molecular complexity index is 645. The van der Waals surface area contributed by atoms with Crippen molar-refractivity contribution in [1.82, 2.24) is 20.0 Å². The molecular weight excluding hydrogens is 270 g/mol. The van der Waals surface area contributed by atoms with Crippen molar-refractivity contribution in [2.75, 3.05) is 19.6 Å². The second kappa shape index (κ2) is 6.19. The van der Waals surface area contributed by atoms with Gasteiger partial charge in [0.2, 0.25) is 0 Å². The van der Waals surface area contributed by atoms with Gasteiger partial charge in [-0.05, 0) is 25.9 Å². The fraction of sp³-hybridized carbons (Fsp3) is 0.500. The fourth-order valence-electron chi connectivity index (χ4n) is 2.58. The first-order chi connectivity index (χ1) is 10.2. The summed E-state index contributed by atoms with van der Waals surface area (Å²) in [5.41, 5.74) is 6.35. The van der Waals surface area contributed by atoms with Crippen LogP contribution in [0.4, 0.5) is 0 Å². The lowest BCUT2D eigenvalue weighted by atomic mass is 10.1. The number of aromatic nitrogens is 3. The van der Waals surface area contributed by atoms with E-state index in [0.29, 0.717) is 17.9 Å². The van der Waals surface area contributed by atoms with Crippen LogP contribution in [-0.4, -0.2) is 39.7 Å². The number of nitrogens with zero attached hydrogens (tertiary/aromatic N) is 3. The number of aromatic amines is 1. The van der Waals surface area contributed by atoms with Crippen molar-refractivity contribution >= 4 is 0 Å². The van der Waals surface area contributed by atoms with E-state index in [4.69, 9.17) is 10.3 Å². The van der Waals surface area contributed by atoms with Gasteiger partial charge in [0.25, 0.3) is 5.89 Å². The molecule has 0 saturated carbocycles. The van der Waals surface area contributed by atoms with E-state index in [1.165, 1.54) is 25.3 Å². The first kappa shape index (κ1) is 14.0. The molecule has 21 heavy (non-hydrogen) atoms. The zero-order valence-electron chi connectivity index (χ0n) is 11.8. The summed E-state index contributed by atoms with van der Waals surface area (Å²) in [4.78, 5) is 21.1. The Labute approximate surface area is 122 Å². The Morgan fingerprint density at radius 3 is 2.95 bits per heavy atom. The molecule has 2 aromatic rings. The number of nitrogens with one attached hydrogen (secondary N) is 1. The number of likely N-dealkylation sites (tertiary alicyclic amines) is 1. The van der Waals surface area contributed by atoms with Crippen LogP contribution >= 0.6 is 0 Å². The van der Waals surface area contributed by atoms with E-state index in [1.807, 2.05) is 0 Å². The lowest BCUT2D eigenvalue weighted by Gasteiger charge is -2.27. The number of piperidine rings is 1. The molecule has 3 rings (SSSR count). The van der Waals surface area contributed by atoms with Crippen molar-refractivity contribution in [2.24, 2.45) is 5.73 Å². The molecule has 1 unspecified atom stereocenters. The van der Waals surface area contributed by atoms with Gasteiger partial charge in [0.05, 0.1) is 6.04 Å². The predicted molar refractivity (Wildman–Crippen MR) is 77.6 cm³/mol. The van der Waals surface area contributed by atoms with Crippen LogP contribution in [0.5, 0.6) is 0 Å². The topological polar surface area (TPSA) is 101 Å². The maximum atomic E-state index is 11.7. The molecular formula is C14H19N5O2. The lowest BCUT2D eigenvalue weighted by molar-refractivity contribution is 0.213. The summed E-state index contributed by atoms with van der Waals surface area (Å²) in [6.07, 6.45) is 6.82. The molecule has 1 saturated heterocycles. The molecule has 1 atom stereocenters. The normalized spacial score (nSPS) is 17.8. The van der Waals surface area contributed by atoms with Crippen LogP contribution in [0.3, 0.4) is 0 Å². The third-order valence-electron chi connectivity index (χ3n) is 3.73. The zero-order valence-corrected chi connectivity index (χ0v) is 11.8. The molecule has 1 aliphatic heterocycles. The molecule has 0 spiro atoms. The van der Waals surface area contributed by atoms with E-state index in [9.17, 15) is 4.79 Å². The van der Waals surface area contributed by atoms with E-state index in [0.717, 1.165) is 13.1 Å². The quantitative estimate of drug-likeness (QED) is 0.867. The minimum atomic E-state index is -0.302. The van der Waals surface area contributed by atoms with Crippen LogP contribution in [0.25, 0.3) is 11.5 Å². The van der Waals surface area contributed by atoms with Crippen LogP contribution in [0.15, 0.2) is 27.8 Å². The summed E-state index contributed by atoms with van der Waals surface area (Å²) >= 11 is 0. The van der Waals surface area contributed by atoms with Crippen LogP contribution in [0.1, 0.15) is 31.1 Å². The standard InChI is InChI=1S/C14H19N5O2/c15-11(9-19-6-2-1-3-7-19)13-17-14(21-18-13)10-8-16-5-4-12(10)20/h4-5,8,11H,1-3,6-7,9,15H2,(H,16,20). The van der Waals surface area contributed by atoms with Crippen LogP contribution < -0.4 is 11.2 Å². The first-order valence-corrected chi connectivity index (χ1v) is 7.23. The highest BCUT2D eigenvalue weighted by atomic mass is 16.5. The predicted octanol–water partition coefficient (Wildman–Crippen LogP) is 0.911. The number of hydrogen-bond donors (Lipinski definition) is 2. The molecule has 3 heterocycles. The SMILES string of the molecule is NC(CN1CCCCC1)c1noc(-c2c[nH]ccc2=O)n1. The molecule has 0 radical (unpaired) electrons. The van der Waals surface area contributed by atoms with Gasteiger partial charge in [0, 0.05) is 25.0 Å². The van der Waals surface area contributed by atoms with Gasteiger partial charge < -0.3 is 20.1 Å². The number of rotatable bonds is 4. The van der Waals surface area contributed by atoms with Gasteiger partial charge in [0.1, 0.15) is 5.56 Å². The number of nitrogens with two attached hydrogens (primary N) is 1. The second-order valence-corrected chi connectivity index (χ2v) is 5.35.